The summed E-state index contributed by atoms with van der Waals surface area (Å²) < 4.78 is 5.94. The molecule has 0 aliphatic carbocycles. The maximum absolute atomic E-state index is 11.6. The third-order valence-corrected chi connectivity index (χ3v) is 2.29. The van der Waals surface area contributed by atoms with Gasteiger partial charge >= 0.3 is 12.1 Å². The second kappa shape index (κ2) is 7.68. The lowest BCUT2D eigenvalue weighted by molar-refractivity contribution is -0.116. The van der Waals surface area contributed by atoms with Gasteiger partial charge in [-0.15, -0.1) is 0 Å². The number of carbonyl (C=O) groups is 3. The summed E-state index contributed by atoms with van der Waals surface area (Å²) in [6, 6.07) is 0. The van der Waals surface area contributed by atoms with Crippen molar-refractivity contribution in [1.82, 2.24) is 14.9 Å². The number of aromatic nitrogens is 2. The standard InChI is InChI=1S/C12H16N4O5/c1-3-6-21-12(20)13-5-4-9(17)14-8-7-16(2)10(15-8)11(18)19/h3,7H,1,4-6H2,2H3,(H,13,20)(H,14,17)(H,18,19). The second-order valence-electron chi connectivity index (χ2n) is 3.98. The number of nitrogens with zero attached hydrogens (tertiary/aromatic N) is 2. The smallest absolute Gasteiger partial charge is 0.407 e. The van der Waals surface area contributed by atoms with Crippen LogP contribution in [-0.2, 0) is 16.6 Å². The fourth-order valence-corrected chi connectivity index (χ4v) is 1.39. The fraction of sp³-hybridized carbons (Fsp3) is 0.333. The molecule has 0 bridgehead atoms. The molecule has 9 nitrogen and oxygen atoms in total. The molecule has 3 N–H and O–H groups in total. The Bertz CT molecular complexity index is 552. The first-order valence-corrected chi connectivity index (χ1v) is 6.02. The van der Waals surface area contributed by atoms with Gasteiger partial charge in [-0.2, -0.15) is 0 Å². The molecule has 1 heterocycles. The van der Waals surface area contributed by atoms with Crippen LogP contribution in [0.4, 0.5) is 10.6 Å². The van der Waals surface area contributed by atoms with Gasteiger partial charge in [0, 0.05) is 26.2 Å². The number of aryl methyl sites for hydroxylation is 1. The number of carboxylic acid groups (broad SMARTS) is 1. The van der Waals surface area contributed by atoms with E-state index in [1.165, 1.54) is 23.9 Å². The van der Waals surface area contributed by atoms with Crippen molar-refractivity contribution in [2.45, 2.75) is 6.42 Å². The predicted molar refractivity (Wildman–Crippen MR) is 73.0 cm³/mol. The van der Waals surface area contributed by atoms with E-state index in [9.17, 15) is 14.4 Å². The van der Waals surface area contributed by atoms with Crippen molar-refractivity contribution >= 4 is 23.8 Å². The molecule has 2 amide bonds. The Kier molecular flexibility index (Phi) is 5.93. The van der Waals surface area contributed by atoms with Crippen molar-refractivity contribution in [2.24, 2.45) is 7.05 Å². The first kappa shape index (κ1) is 16.2. The van der Waals surface area contributed by atoms with Crippen molar-refractivity contribution < 1.29 is 24.2 Å². The quantitative estimate of drug-likeness (QED) is 0.624. The molecule has 0 unspecified atom stereocenters. The number of nitrogens with one attached hydrogen (secondary N) is 2. The summed E-state index contributed by atoms with van der Waals surface area (Å²) in [6.07, 6.45) is 2.16. The van der Waals surface area contributed by atoms with Crippen molar-refractivity contribution in [3.8, 4) is 0 Å². The number of aromatic carboxylic acids is 1. The molecule has 1 aromatic heterocycles. The minimum absolute atomic E-state index is 0.00215. The van der Waals surface area contributed by atoms with E-state index in [1.807, 2.05) is 0 Å². The number of anilines is 1. The zero-order chi connectivity index (χ0) is 15.8. The number of alkyl carbamates (subject to hydrolysis) is 1. The molecule has 0 aliphatic heterocycles. The highest BCUT2D eigenvalue weighted by atomic mass is 16.5. The third-order valence-electron chi connectivity index (χ3n) is 2.29. The minimum atomic E-state index is -1.19. The Morgan fingerprint density at radius 3 is 2.81 bits per heavy atom. The monoisotopic (exact) mass is 296 g/mol. The van der Waals surface area contributed by atoms with Gasteiger partial charge in [-0.3, -0.25) is 4.79 Å². The molecular formula is C12H16N4O5. The van der Waals surface area contributed by atoms with E-state index in [0.717, 1.165) is 0 Å². The Hall–Kier alpha value is -2.84. The molecule has 9 heteroatoms. The molecule has 0 saturated carbocycles. The van der Waals surface area contributed by atoms with Crippen LogP contribution in [0.25, 0.3) is 0 Å². The van der Waals surface area contributed by atoms with Crippen LogP contribution in [0.5, 0.6) is 0 Å². The molecule has 1 rings (SSSR count). The number of hydrogen-bond donors (Lipinski definition) is 3. The molecule has 0 atom stereocenters. The number of imidazole rings is 1. The molecule has 0 radical (unpaired) electrons. The van der Waals surface area contributed by atoms with E-state index in [-0.39, 0.29) is 31.2 Å². The van der Waals surface area contributed by atoms with Crippen LogP contribution in [0, 0.1) is 0 Å². The van der Waals surface area contributed by atoms with Crippen LogP contribution in [0.1, 0.15) is 17.0 Å². The van der Waals surface area contributed by atoms with Gasteiger partial charge in [-0.05, 0) is 0 Å². The summed E-state index contributed by atoms with van der Waals surface area (Å²) >= 11 is 0. The predicted octanol–water partition coefficient (Wildman–Crippen LogP) is 0.359. The number of hydrogen-bond acceptors (Lipinski definition) is 5. The maximum atomic E-state index is 11.6. The third kappa shape index (κ3) is 5.35. The lowest BCUT2D eigenvalue weighted by atomic mass is 10.4. The first-order chi connectivity index (χ1) is 9.93. The Balaban J connectivity index is 2.37. The Labute approximate surface area is 120 Å². The zero-order valence-electron chi connectivity index (χ0n) is 11.5. The number of ether oxygens (including phenoxy) is 1. The van der Waals surface area contributed by atoms with Gasteiger partial charge in [0.05, 0.1) is 0 Å². The first-order valence-electron chi connectivity index (χ1n) is 6.02. The number of rotatable bonds is 7. The molecule has 0 aromatic carbocycles. The number of carboxylic acids is 1. The molecular weight excluding hydrogens is 280 g/mol. The van der Waals surface area contributed by atoms with E-state index in [0.29, 0.717) is 0 Å². The van der Waals surface area contributed by atoms with Crippen LogP contribution >= 0.6 is 0 Å². The van der Waals surface area contributed by atoms with Gasteiger partial charge in [-0.25, -0.2) is 14.6 Å². The highest BCUT2D eigenvalue weighted by molar-refractivity contribution is 5.91. The van der Waals surface area contributed by atoms with Crippen molar-refractivity contribution in [3.63, 3.8) is 0 Å². The molecule has 0 saturated heterocycles. The largest absolute Gasteiger partial charge is 0.475 e. The zero-order valence-corrected chi connectivity index (χ0v) is 11.5. The van der Waals surface area contributed by atoms with Crippen molar-refractivity contribution in [3.05, 3.63) is 24.7 Å². The van der Waals surface area contributed by atoms with Crippen LogP contribution in [-0.4, -0.2) is 45.8 Å². The van der Waals surface area contributed by atoms with Gasteiger partial charge in [0.2, 0.25) is 11.7 Å². The van der Waals surface area contributed by atoms with E-state index in [4.69, 9.17) is 5.11 Å². The molecule has 0 spiro atoms. The summed E-state index contributed by atoms with van der Waals surface area (Å²) in [6.45, 7) is 3.56. The summed E-state index contributed by atoms with van der Waals surface area (Å²) in [4.78, 5) is 37.2. The van der Waals surface area contributed by atoms with Crippen LogP contribution in [0.15, 0.2) is 18.9 Å². The average molecular weight is 296 g/mol. The van der Waals surface area contributed by atoms with E-state index in [1.54, 1.807) is 0 Å². The summed E-state index contributed by atoms with van der Waals surface area (Å²) in [5, 5.41) is 13.6. The van der Waals surface area contributed by atoms with Gasteiger partial charge in [-0.1, -0.05) is 12.7 Å². The fourth-order valence-electron chi connectivity index (χ4n) is 1.39. The lowest BCUT2D eigenvalue weighted by Crippen LogP contribution is -2.28. The molecule has 0 aliphatic rings. The average Bonchev–Trinajstić information content (AvgIpc) is 2.77. The summed E-state index contributed by atoms with van der Waals surface area (Å²) in [7, 11) is 1.50. The lowest BCUT2D eigenvalue weighted by Gasteiger charge is -2.05. The van der Waals surface area contributed by atoms with Gasteiger partial charge in [0.15, 0.2) is 5.82 Å². The molecule has 21 heavy (non-hydrogen) atoms. The van der Waals surface area contributed by atoms with Crippen LogP contribution < -0.4 is 10.6 Å². The Morgan fingerprint density at radius 1 is 1.52 bits per heavy atom. The van der Waals surface area contributed by atoms with Crippen LogP contribution in [0.2, 0.25) is 0 Å². The topological polar surface area (TPSA) is 123 Å². The Morgan fingerprint density at radius 2 is 2.24 bits per heavy atom. The maximum Gasteiger partial charge on any atom is 0.407 e. The minimum Gasteiger partial charge on any atom is -0.475 e. The summed E-state index contributed by atoms with van der Waals surface area (Å²) in [5.74, 6) is -1.65. The highest BCUT2D eigenvalue weighted by Gasteiger charge is 2.13. The highest BCUT2D eigenvalue weighted by Crippen LogP contribution is 2.07. The van der Waals surface area contributed by atoms with E-state index in [2.05, 4.69) is 26.9 Å². The van der Waals surface area contributed by atoms with Crippen molar-refractivity contribution in [2.75, 3.05) is 18.5 Å². The number of carbonyl (C=O) groups excluding carboxylic acids is 2. The normalized spacial score (nSPS) is 9.76. The number of amides is 2. The molecule has 1 aromatic rings. The van der Waals surface area contributed by atoms with E-state index >= 15 is 0 Å². The van der Waals surface area contributed by atoms with Crippen LogP contribution in [0.3, 0.4) is 0 Å². The molecule has 0 fully saturated rings. The van der Waals surface area contributed by atoms with Gasteiger partial charge in [0.25, 0.3) is 0 Å². The van der Waals surface area contributed by atoms with E-state index < -0.39 is 18.0 Å². The summed E-state index contributed by atoms with van der Waals surface area (Å²) in [5.41, 5.74) is 0. The van der Waals surface area contributed by atoms with Gasteiger partial charge in [0.1, 0.15) is 6.61 Å². The SMILES string of the molecule is C=CCOC(=O)NCCC(=O)Nc1cn(C)c(C(=O)O)n1. The molecule has 114 valence electrons. The second-order valence-corrected chi connectivity index (χ2v) is 3.98. The van der Waals surface area contributed by atoms with Crippen molar-refractivity contribution in [1.29, 1.82) is 0 Å². The van der Waals surface area contributed by atoms with Gasteiger partial charge < -0.3 is 25.0 Å².